The Kier molecular flexibility index (Phi) is 3.56. The van der Waals surface area contributed by atoms with Gasteiger partial charge in [0.1, 0.15) is 0 Å². The summed E-state index contributed by atoms with van der Waals surface area (Å²) in [6.45, 7) is 4.87. The standard InChI is InChI=1S/C16H20N4/c1-3-17-10-15-8-14-6-4-5-7-16(14)20(15)12-13-9-18-19(2)11-13/h4-9,11,17H,3,10,12H2,1-2H3. The van der Waals surface area contributed by atoms with Gasteiger partial charge < -0.3 is 9.88 Å². The molecule has 3 aromatic rings. The molecule has 2 aromatic heterocycles. The number of rotatable bonds is 5. The van der Waals surface area contributed by atoms with E-state index in [2.05, 4.69) is 58.4 Å². The Hall–Kier alpha value is -2.07. The van der Waals surface area contributed by atoms with Crippen LogP contribution in [-0.4, -0.2) is 20.9 Å². The molecule has 0 fully saturated rings. The normalized spacial score (nSPS) is 11.3. The van der Waals surface area contributed by atoms with Gasteiger partial charge in [0, 0.05) is 36.6 Å². The van der Waals surface area contributed by atoms with Crippen LogP contribution in [0.3, 0.4) is 0 Å². The molecule has 0 aliphatic heterocycles. The Balaban J connectivity index is 2.01. The average molecular weight is 268 g/mol. The Morgan fingerprint density at radius 2 is 2.10 bits per heavy atom. The van der Waals surface area contributed by atoms with Gasteiger partial charge in [-0.25, -0.2) is 0 Å². The predicted molar refractivity (Wildman–Crippen MR) is 81.6 cm³/mol. The van der Waals surface area contributed by atoms with Crippen LogP contribution in [0.15, 0.2) is 42.7 Å². The third kappa shape index (κ3) is 2.47. The van der Waals surface area contributed by atoms with Crippen molar-refractivity contribution in [1.82, 2.24) is 19.7 Å². The molecule has 2 heterocycles. The van der Waals surface area contributed by atoms with Crippen molar-refractivity contribution in [3.63, 3.8) is 0 Å². The van der Waals surface area contributed by atoms with Gasteiger partial charge in [0.25, 0.3) is 0 Å². The first-order chi connectivity index (χ1) is 9.78. The summed E-state index contributed by atoms with van der Waals surface area (Å²) in [7, 11) is 1.96. The second-order valence-electron chi connectivity index (χ2n) is 5.08. The topological polar surface area (TPSA) is 34.8 Å². The van der Waals surface area contributed by atoms with Gasteiger partial charge in [-0.2, -0.15) is 5.10 Å². The monoisotopic (exact) mass is 268 g/mol. The molecule has 0 aliphatic carbocycles. The summed E-state index contributed by atoms with van der Waals surface area (Å²) >= 11 is 0. The summed E-state index contributed by atoms with van der Waals surface area (Å²) in [5.41, 5.74) is 3.83. The average Bonchev–Trinajstić information content (AvgIpc) is 3.02. The number of para-hydroxylation sites is 1. The largest absolute Gasteiger partial charge is 0.339 e. The highest BCUT2D eigenvalue weighted by molar-refractivity contribution is 5.81. The number of fused-ring (bicyclic) bond motifs is 1. The van der Waals surface area contributed by atoms with Crippen molar-refractivity contribution in [2.45, 2.75) is 20.0 Å². The molecule has 1 aromatic carbocycles. The molecule has 0 saturated carbocycles. The number of benzene rings is 1. The van der Waals surface area contributed by atoms with Gasteiger partial charge in [0.15, 0.2) is 0 Å². The van der Waals surface area contributed by atoms with Crippen molar-refractivity contribution >= 4 is 10.9 Å². The molecule has 0 unspecified atom stereocenters. The summed E-state index contributed by atoms with van der Waals surface area (Å²) in [4.78, 5) is 0. The summed E-state index contributed by atoms with van der Waals surface area (Å²) in [5.74, 6) is 0. The van der Waals surface area contributed by atoms with E-state index in [4.69, 9.17) is 0 Å². The molecular weight excluding hydrogens is 248 g/mol. The van der Waals surface area contributed by atoms with Gasteiger partial charge in [-0.15, -0.1) is 0 Å². The number of hydrogen-bond donors (Lipinski definition) is 1. The minimum atomic E-state index is 0.863. The quantitative estimate of drug-likeness (QED) is 0.771. The van der Waals surface area contributed by atoms with Crippen LogP contribution in [0.1, 0.15) is 18.2 Å². The van der Waals surface area contributed by atoms with Crippen LogP contribution in [0.4, 0.5) is 0 Å². The van der Waals surface area contributed by atoms with Crippen LogP contribution in [0, 0.1) is 0 Å². The van der Waals surface area contributed by atoms with E-state index in [1.54, 1.807) is 0 Å². The molecule has 3 rings (SSSR count). The van der Waals surface area contributed by atoms with Crippen molar-refractivity contribution < 1.29 is 0 Å². The van der Waals surface area contributed by atoms with Crippen LogP contribution < -0.4 is 5.32 Å². The number of hydrogen-bond acceptors (Lipinski definition) is 2. The van der Waals surface area contributed by atoms with Gasteiger partial charge in [-0.1, -0.05) is 25.1 Å². The van der Waals surface area contributed by atoms with Crippen molar-refractivity contribution in [3.8, 4) is 0 Å². The van der Waals surface area contributed by atoms with E-state index in [1.165, 1.54) is 22.2 Å². The van der Waals surface area contributed by atoms with E-state index < -0.39 is 0 Å². The first-order valence-electron chi connectivity index (χ1n) is 7.03. The second kappa shape index (κ2) is 5.51. The number of nitrogens with one attached hydrogen (secondary N) is 1. The maximum absolute atomic E-state index is 4.26. The molecule has 1 N–H and O–H groups in total. The van der Waals surface area contributed by atoms with E-state index in [9.17, 15) is 0 Å². The summed E-state index contributed by atoms with van der Waals surface area (Å²) in [6, 6.07) is 10.8. The molecule has 20 heavy (non-hydrogen) atoms. The third-order valence-corrected chi connectivity index (χ3v) is 3.55. The van der Waals surface area contributed by atoms with Crippen LogP contribution in [-0.2, 0) is 20.1 Å². The van der Waals surface area contributed by atoms with Gasteiger partial charge in [-0.3, -0.25) is 4.68 Å². The highest BCUT2D eigenvalue weighted by Crippen LogP contribution is 2.21. The highest BCUT2D eigenvalue weighted by Gasteiger charge is 2.09. The fourth-order valence-electron chi connectivity index (χ4n) is 2.59. The van der Waals surface area contributed by atoms with Crippen molar-refractivity contribution in [2.24, 2.45) is 7.05 Å². The predicted octanol–water partition coefficient (Wildman–Crippen LogP) is 2.53. The molecule has 104 valence electrons. The fraction of sp³-hybridized carbons (Fsp3) is 0.312. The van der Waals surface area contributed by atoms with Crippen molar-refractivity contribution in [2.75, 3.05) is 6.54 Å². The molecule has 0 radical (unpaired) electrons. The molecule has 4 nitrogen and oxygen atoms in total. The molecule has 0 amide bonds. The first kappa shape index (κ1) is 12.9. The molecule has 0 aliphatic rings. The van der Waals surface area contributed by atoms with Gasteiger partial charge in [0.05, 0.1) is 12.7 Å². The molecule has 0 bridgehead atoms. The fourth-order valence-corrected chi connectivity index (χ4v) is 2.59. The van der Waals surface area contributed by atoms with Gasteiger partial charge in [-0.05, 0) is 24.1 Å². The van der Waals surface area contributed by atoms with E-state index >= 15 is 0 Å². The maximum atomic E-state index is 4.26. The zero-order chi connectivity index (χ0) is 13.9. The zero-order valence-corrected chi connectivity index (χ0v) is 12.0. The lowest BCUT2D eigenvalue weighted by Gasteiger charge is -2.10. The lowest BCUT2D eigenvalue weighted by atomic mass is 10.2. The molecule has 0 saturated heterocycles. The Morgan fingerprint density at radius 3 is 2.85 bits per heavy atom. The molecule has 4 heteroatoms. The Labute approximate surface area is 119 Å². The van der Waals surface area contributed by atoms with E-state index in [0.29, 0.717) is 0 Å². The van der Waals surface area contributed by atoms with Crippen LogP contribution >= 0.6 is 0 Å². The van der Waals surface area contributed by atoms with Gasteiger partial charge >= 0.3 is 0 Å². The van der Waals surface area contributed by atoms with E-state index in [0.717, 1.165) is 19.6 Å². The van der Waals surface area contributed by atoms with Crippen molar-refractivity contribution in [1.29, 1.82) is 0 Å². The van der Waals surface area contributed by atoms with Crippen LogP contribution in [0.2, 0.25) is 0 Å². The summed E-state index contributed by atoms with van der Waals surface area (Å²) in [5, 5.41) is 8.97. The molecule has 0 atom stereocenters. The minimum absolute atomic E-state index is 0.863. The maximum Gasteiger partial charge on any atom is 0.0539 e. The zero-order valence-electron chi connectivity index (χ0n) is 12.0. The SMILES string of the molecule is CCNCc1cc2ccccc2n1Cc1cnn(C)c1. The van der Waals surface area contributed by atoms with Crippen LogP contribution in [0.5, 0.6) is 0 Å². The highest BCUT2D eigenvalue weighted by atomic mass is 15.2. The van der Waals surface area contributed by atoms with E-state index in [1.807, 2.05) is 17.9 Å². The molecule has 0 spiro atoms. The lowest BCUT2D eigenvalue weighted by Crippen LogP contribution is -2.15. The van der Waals surface area contributed by atoms with Gasteiger partial charge in [0.2, 0.25) is 0 Å². The van der Waals surface area contributed by atoms with E-state index in [-0.39, 0.29) is 0 Å². The Morgan fingerprint density at radius 1 is 1.25 bits per heavy atom. The summed E-state index contributed by atoms with van der Waals surface area (Å²) in [6.07, 6.45) is 4.01. The smallest absolute Gasteiger partial charge is 0.0539 e. The minimum Gasteiger partial charge on any atom is -0.339 e. The van der Waals surface area contributed by atoms with Crippen LogP contribution in [0.25, 0.3) is 10.9 Å². The third-order valence-electron chi connectivity index (χ3n) is 3.55. The Bertz CT molecular complexity index is 708. The molecular formula is C16H20N4. The number of nitrogens with zero attached hydrogens (tertiary/aromatic N) is 3. The second-order valence-corrected chi connectivity index (χ2v) is 5.08. The first-order valence-corrected chi connectivity index (χ1v) is 7.03. The van der Waals surface area contributed by atoms with Crippen molar-refractivity contribution in [3.05, 3.63) is 54.0 Å². The summed E-state index contributed by atoms with van der Waals surface area (Å²) < 4.78 is 4.22. The number of aryl methyl sites for hydroxylation is 1. The number of aromatic nitrogens is 3. The lowest BCUT2D eigenvalue weighted by molar-refractivity contribution is 0.666.